The molecule has 128 valence electrons. The third-order valence-corrected chi connectivity index (χ3v) is 3.39. The van der Waals surface area contributed by atoms with E-state index in [9.17, 15) is 22.8 Å². The maximum Gasteiger partial charge on any atom is 0.422 e. The molecule has 1 heterocycles. The van der Waals surface area contributed by atoms with E-state index >= 15 is 0 Å². The van der Waals surface area contributed by atoms with Gasteiger partial charge in [0.2, 0.25) is 0 Å². The Kier molecular flexibility index (Phi) is 5.51. The first-order valence-electron chi connectivity index (χ1n) is 7.07. The largest absolute Gasteiger partial charge is 0.472 e. The number of carbonyl (C=O) groups excluding carboxylic acids is 2. The number of alkyl carbamates (subject to hydrolysis) is 1. The van der Waals surface area contributed by atoms with Gasteiger partial charge in [-0.05, 0) is 31.7 Å². The lowest BCUT2D eigenvalue weighted by molar-refractivity contribution is -0.160. The van der Waals surface area contributed by atoms with Gasteiger partial charge in [0.1, 0.15) is 12.4 Å². The molecular weight excluding hydrogens is 319 g/mol. The van der Waals surface area contributed by atoms with Gasteiger partial charge in [-0.1, -0.05) is 0 Å². The average molecular weight is 335 g/mol. The molecule has 6 nitrogen and oxygen atoms in total. The topological polar surface area (TPSA) is 77.8 Å². The molecule has 0 spiro atoms. The Morgan fingerprint density at radius 1 is 1.26 bits per heavy atom. The highest BCUT2D eigenvalue weighted by Gasteiger charge is 2.31. The molecule has 1 fully saturated rings. The van der Waals surface area contributed by atoms with Crippen molar-refractivity contribution in [2.75, 3.05) is 6.61 Å². The summed E-state index contributed by atoms with van der Waals surface area (Å²) in [5, 5.41) is 2.38. The molecule has 0 bridgehead atoms. The summed E-state index contributed by atoms with van der Waals surface area (Å²) in [5.74, 6) is -0.486. The van der Waals surface area contributed by atoms with Gasteiger partial charge in [0.15, 0.2) is 6.61 Å². The summed E-state index contributed by atoms with van der Waals surface area (Å²) in [6.45, 7) is -1.61. The van der Waals surface area contributed by atoms with Gasteiger partial charge in [0.25, 0.3) is 0 Å². The first kappa shape index (κ1) is 17.2. The summed E-state index contributed by atoms with van der Waals surface area (Å²) >= 11 is 0. The van der Waals surface area contributed by atoms with Crippen molar-refractivity contribution in [2.45, 2.75) is 44.0 Å². The predicted molar refractivity (Wildman–Crippen MR) is 70.7 cm³/mol. The van der Waals surface area contributed by atoms with Crippen molar-refractivity contribution >= 4 is 12.1 Å². The van der Waals surface area contributed by atoms with Crippen LogP contribution in [-0.4, -0.2) is 37.0 Å². The number of hydrogen-bond acceptors (Lipinski definition) is 5. The van der Waals surface area contributed by atoms with Crippen molar-refractivity contribution in [1.82, 2.24) is 5.32 Å². The molecule has 2 rings (SSSR count). The van der Waals surface area contributed by atoms with E-state index < -0.39 is 24.8 Å². The van der Waals surface area contributed by atoms with Crippen LogP contribution in [0.1, 0.15) is 36.0 Å². The molecule has 23 heavy (non-hydrogen) atoms. The number of hydrogen-bond donors (Lipinski definition) is 1. The maximum atomic E-state index is 11.9. The minimum atomic E-state index is -4.55. The number of ether oxygens (including phenoxy) is 2. The SMILES string of the molecule is O=C(NC1CCC(OC(=O)c2ccoc2)CC1)OCC(F)(F)F. The van der Waals surface area contributed by atoms with Crippen LogP contribution in [0.5, 0.6) is 0 Å². The van der Waals surface area contributed by atoms with E-state index in [0.29, 0.717) is 31.2 Å². The Balaban J connectivity index is 1.67. The number of rotatable bonds is 4. The number of alkyl halides is 3. The van der Waals surface area contributed by atoms with E-state index in [2.05, 4.69) is 10.1 Å². The van der Waals surface area contributed by atoms with Crippen LogP contribution < -0.4 is 5.32 Å². The van der Waals surface area contributed by atoms with Crippen molar-refractivity contribution in [2.24, 2.45) is 0 Å². The number of furan rings is 1. The lowest BCUT2D eigenvalue weighted by Gasteiger charge is -2.28. The number of carbonyl (C=O) groups is 2. The Morgan fingerprint density at radius 2 is 1.96 bits per heavy atom. The van der Waals surface area contributed by atoms with Gasteiger partial charge in [-0.25, -0.2) is 9.59 Å². The molecular formula is C14H16F3NO5. The van der Waals surface area contributed by atoms with E-state index in [-0.39, 0.29) is 12.1 Å². The van der Waals surface area contributed by atoms with Crippen LogP contribution in [0.25, 0.3) is 0 Å². The van der Waals surface area contributed by atoms with Gasteiger partial charge in [0.05, 0.1) is 11.8 Å². The van der Waals surface area contributed by atoms with E-state index in [1.165, 1.54) is 18.6 Å². The molecule has 1 saturated carbocycles. The zero-order valence-corrected chi connectivity index (χ0v) is 12.1. The van der Waals surface area contributed by atoms with Gasteiger partial charge >= 0.3 is 18.2 Å². The average Bonchev–Trinajstić information content (AvgIpc) is 3.01. The third kappa shape index (κ3) is 5.84. The minimum Gasteiger partial charge on any atom is -0.472 e. The van der Waals surface area contributed by atoms with Gasteiger partial charge in [-0.15, -0.1) is 0 Å². The van der Waals surface area contributed by atoms with Crippen molar-refractivity contribution in [3.05, 3.63) is 24.2 Å². The fourth-order valence-electron chi connectivity index (χ4n) is 2.28. The summed E-state index contributed by atoms with van der Waals surface area (Å²) in [6.07, 6.45) is -1.29. The molecule has 0 aliphatic heterocycles. The number of esters is 1. The van der Waals surface area contributed by atoms with E-state index in [4.69, 9.17) is 9.15 Å². The van der Waals surface area contributed by atoms with Crippen LogP contribution in [0.4, 0.5) is 18.0 Å². The third-order valence-electron chi connectivity index (χ3n) is 3.39. The predicted octanol–water partition coefficient (Wildman–Crippen LogP) is 3.04. The van der Waals surface area contributed by atoms with Crippen LogP contribution in [0.3, 0.4) is 0 Å². The second kappa shape index (κ2) is 7.38. The summed E-state index contributed by atoms with van der Waals surface area (Å²) in [5.41, 5.74) is 0.320. The zero-order chi connectivity index (χ0) is 16.9. The first-order chi connectivity index (χ1) is 10.8. The van der Waals surface area contributed by atoms with Crippen LogP contribution in [0.2, 0.25) is 0 Å². The van der Waals surface area contributed by atoms with Gasteiger partial charge in [-0.3, -0.25) is 0 Å². The fraction of sp³-hybridized carbons (Fsp3) is 0.571. The van der Waals surface area contributed by atoms with Crippen LogP contribution >= 0.6 is 0 Å². The normalized spacial score (nSPS) is 21.5. The summed E-state index contributed by atoms with van der Waals surface area (Å²) < 4.78 is 49.9. The van der Waals surface area contributed by atoms with Crippen molar-refractivity contribution in [3.63, 3.8) is 0 Å². The molecule has 0 saturated heterocycles. The quantitative estimate of drug-likeness (QED) is 0.856. The van der Waals surface area contributed by atoms with Gasteiger partial charge < -0.3 is 19.2 Å². The first-order valence-corrected chi connectivity index (χ1v) is 7.07. The molecule has 1 aromatic rings. The summed E-state index contributed by atoms with van der Waals surface area (Å²) in [4.78, 5) is 23.0. The molecule has 1 amide bonds. The smallest absolute Gasteiger partial charge is 0.422 e. The molecule has 0 unspecified atom stereocenters. The van der Waals surface area contributed by atoms with Gasteiger partial charge in [0, 0.05) is 6.04 Å². The highest BCUT2D eigenvalue weighted by molar-refractivity contribution is 5.88. The Hall–Kier alpha value is -2.19. The molecule has 1 aromatic heterocycles. The molecule has 1 N–H and O–H groups in total. The van der Waals surface area contributed by atoms with Crippen molar-refractivity contribution < 1.29 is 36.7 Å². The molecule has 9 heteroatoms. The second-order valence-corrected chi connectivity index (χ2v) is 5.23. The lowest BCUT2D eigenvalue weighted by Crippen LogP contribution is -2.40. The van der Waals surface area contributed by atoms with Crippen LogP contribution in [0, 0.1) is 0 Å². The second-order valence-electron chi connectivity index (χ2n) is 5.23. The van der Waals surface area contributed by atoms with Crippen LogP contribution in [0.15, 0.2) is 23.0 Å². The molecule has 0 radical (unpaired) electrons. The number of nitrogens with one attached hydrogen (secondary N) is 1. The highest BCUT2D eigenvalue weighted by Crippen LogP contribution is 2.23. The standard InChI is InChI=1S/C14H16F3NO5/c15-14(16,17)8-22-13(20)18-10-1-3-11(4-2-10)23-12(19)9-5-6-21-7-9/h5-7,10-11H,1-4,8H2,(H,18,20). The Bertz CT molecular complexity index is 521. The van der Waals surface area contributed by atoms with Crippen molar-refractivity contribution in [3.8, 4) is 0 Å². The number of halogens is 3. The minimum absolute atomic E-state index is 0.290. The summed E-state index contributed by atoms with van der Waals surface area (Å²) in [7, 11) is 0. The van der Waals surface area contributed by atoms with Crippen LogP contribution in [-0.2, 0) is 9.47 Å². The lowest BCUT2D eigenvalue weighted by atomic mass is 9.93. The van der Waals surface area contributed by atoms with Crippen molar-refractivity contribution in [1.29, 1.82) is 0 Å². The zero-order valence-electron chi connectivity index (χ0n) is 12.1. The number of amides is 1. The molecule has 0 aromatic carbocycles. The highest BCUT2D eigenvalue weighted by atomic mass is 19.4. The monoisotopic (exact) mass is 335 g/mol. The summed E-state index contributed by atoms with van der Waals surface area (Å²) in [6, 6.07) is 1.20. The van der Waals surface area contributed by atoms with E-state index in [1.807, 2.05) is 0 Å². The Labute approximate surface area is 129 Å². The Morgan fingerprint density at radius 3 is 2.52 bits per heavy atom. The van der Waals surface area contributed by atoms with E-state index in [1.54, 1.807) is 0 Å². The van der Waals surface area contributed by atoms with Gasteiger partial charge in [-0.2, -0.15) is 13.2 Å². The molecule has 1 aliphatic rings. The fourth-order valence-corrected chi connectivity index (χ4v) is 2.28. The molecule has 0 atom stereocenters. The van der Waals surface area contributed by atoms with E-state index in [0.717, 1.165) is 0 Å². The molecule has 1 aliphatic carbocycles. The maximum absolute atomic E-state index is 11.9.